The molecule has 0 atom stereocenters. The average molecular weight is 388 g/mol. The van der Waals surface area contributed by atoms with E-state index in [4.69, 9.17) is 14.2 Å². The lowest BCUT2D eigenvalue weighted by atomic mass is 9.88. The van der Waals surface area contributed by atoms with Crippen molar-refractivity contribution in [3.63, 3.8) is 0 Å². The van der Waals surface area contributed by atoms with Crippen molar-refractivity contribution in [2.24, 2.45) is 0 Å². The van der Waals surface area contributed by atoms with Crippen LogP contribution in [-0.2, 0) is 16.1 Å². The van der Waals surface area contributed by atoms with Gasteiger partial charge < -0.3 is 14.2 Å². The minimum absolute atomic E-state index is 0.00478. The summed E-state index contributed by atoms with van der Waals surface area (Å²) in [6.45, 7) is 1.50. The number of carbonyl (C=O) groups excluding carboxylic acids is 2. The molecule has 3 aromatic carbocycles. The summed E-state index contributed by atoms with van der Waals surface area (Å²) in [6, 6.07) is 20.0. The summed E-state index contributed by atoms with van der Waals surface area (Å²) in [7, 11) is 1.54. The van der Waals surface area contributed by atoms with Gasteiger partial charge in [0.1, 0.15) is 29.8 Å². The van der Waals surface area contributed by atoms with Crippen molar-refractivity contribution in [1.82, 2.24) is 0 Å². The molecule has 0 unspecified atom stereocenters. The first-order chi connectivity index (χ1) is 14.1. The lowest BCUT2D eigenvalue weighted by Crippen LogP contribution is -2.21. The number of fused-ring (bicyclic) bond motifs is 2. The minimum atomic E-state index is -0.585. The van der Waals surface area contributed by atoms with Crippen LogP contribution in [0.4, 0.5) is 0 Å². The normalized spacial score (nSPS) is 12.3. The second-order valence-corrected chi connectivity index (χ2v) is 6.80. The van der Waals surface area contributed by atoms with Gasteiger partial charge in [-0.3, -0.25) is 9.59 Å². The van der Waals surface area contributed by atoms with Gasteiger partial charge in [0.05, 0.1) is 7.11 Å². The van der Waals surface area contributed by atoms with Crippen LogP contribution in [0.25, 0.3) is 0 Å². The van der Waals surface area contributed by atoms with Gasteiger partial charge >= 0.3 is 5.97 Å². The molecule has 4 rings (SSSR count). The minimum Gasteiger partial charge on any atom is -0.496 e. The number of ether oxygens (including phenoxy) is 3. The number of hydrogen-bond acceptors (Lipinski definition) is 5. The quantitative estimate of drug-likeness (QED) is 0.461. The highest BCUT2D eigenvalue weighted by atomic mass is 16.5. The fraction of sp³-hybridized carbons (Fsp3) is 0.167. The zero-order chi connectivity index (χ0) is 20.4. The summed E-state index contributed by atoms with van der Waals surface area (Å²) in [5.41, 5.74) is 2.71. The summed E-state index contributed by atoms with van der Waals surface area (Å²) in [5.74, 6) is 0.818. The van der Waals surface area contributed by atoms with Gasteiger partial charge in [0, 0.05) is 22.3 Å². The zero-order valence-electron chi connectivity index (χ0n) is 16.2. The molecule has 0 bridgehead atoms. The molecule has 146 valence electrons. The van der Waals surface area contributed by atoms with Crippen molar-refractivity contribution in [3.8, 4) is 17.2 Å². The monoisotopic (exact) mass is 388 g/mol. The zero-order valence-corrected chi connectivity index (χ0v) is 16.2. The molecule has 0 amide bonds. The Bertz CT molecular complexity index is 1040. The van der Waals surface area contributed by atoms with E-state index in [1.807, 2.05) is 48.5 Å². The Kier molecular flexibility index (Phi) is 5.04. The maximum absolute atomic E-state index is 13.1. The lowest BCUT2D eigenvalue weighted by Gasteiger charge is -2.26. The summed E-state index contributed by atoms with van der Waals surface area (Å²) in [4.78, 5) is 24.8. The largest absolute Gasteiger partial charge is 0.496 e. The Morgan fingerprint density at radius 2 is 1.55 bits per heavy atom. The first-order valence-corrected chi connectivity index (χ1v) is 9.28. The van der Waals surface area contributed by atoms with Gasteiger partial charge in [0.2, 0.25) is 0 Å². The second kappa shape index (κ2) is 7.80. The first-order valence-electron chi connectivity index (χ1n) is 9.28. The number of benzene rings is 3. The Hall–Kier alpha value is -3.60. The molecule has 1 aliphatic heterocycles. The Balaban J connectivity index is 1.63. The number of methoxy groups -OCH3 is 1. The second-order valence-electron chi connectivity index (χ2n) is 6.80. The third kappa shape index (κ3) is 3.59. The molecular formula is C24H20O5. The van der Waals surface area contributed by atoms with Crippen molar-refractivity contribution in [2.75, 3.05) is 7.11 Å². The van der Waals surface area contributed by atoms with Crippen LogP contribution < -0.4 is 9.47 Å². The predicted octanol–water partition coefficient (Wildman–Crippen LogP) is 4.88. The molecule has 0 fully saturated rings. The molecule has 1 aliphatic rings. The van der Waals surface area contributed by atoms with E-state index >= 15 is 0 Å². The van der Waals surface area contributed by atoms with Crippen LogP contribution in [0.5, 0.6) is 17.2 Å². The molecule has 0 aromatic heterocycles. The fourth-order valence-corrected chi connectivity index (χ4v) is 3.51. The third-order valence-corrected chi connectivity index (χ3v) is 4.97. The van der Waals surface area contributed by atoms with E-state index in [9.17, 15) is 9.59 Å². The smallest absolute Gasteiger partial charge is 0.318 e. The third-order valence-electron chi connectivity index (χ3n) is 4.97. The highest BCUT2D eigenvalue weighted by Crippen LogP contribution is 2.44. The number of rotatable bonds is 5. The molecule has 0 saturated carbocycles. The highest BCUT2D eigenvalue weighted by Gasteiger charge is 2.33. The highest BCUT2D eigenvalue weighted by molar-refractivity contribution is 5.94. The maximum atomic E-state index is 13.1. The van der Waals surface area contributed by atoms with Crippen molar-refractivity contribution in [1.29, 1.82) is 0 Å². The number of hydrogen-bond donors (Lipinski definition) is 0. The van der Waals surface area contributed by atoms with Gasteiger partial charge in [-0.05, 0) is 37.3 Å². The number of para-hydroxylation sites is 2. The van der Waals surface area contributed by atoms with Crippen LogP contribution in [0.15, 0.2) is 66.7 Å². The molecular weight excluding hydrogens is 368 g/mol. The molecule has 1 heterocycles. The molecule has 0 saturated heterocycles. The maximum Gasteiger partial charge on any atom is 0.318 e. The lowest BCUT2D eigenvalue weighted by molar-refractivity contribution is -0.145. The van der Waals surface area contributed by atoms with E-state index in [-0.39, 0.29) is 18.4 Å². The Morgan fingerprint density at radius 3 is 2.14 bits per heavy atom. The van der Waals surface area contributed by atoms with Crippen molar-refractivity contribution in [2.45, 2.75) is 19.4 Å². The van der Waals surface area contributed by atoms with Crippen molar-refractivity contribution < 1.29 is 23.8 Å². The SMILES string of the molecule is COc1ccc(C(C)=O)cc1COC(=O)C1c2ccccc2Oc2ccccc21. The van der Waals surface area contributed by atoms with E-state index < -0.39 is 5.92 Å². The van der Waals surface area contributed by atoms with Crippen LogP contribution in [0, 0.1) is 0 Å². The van der Waals surface area contributed by atoms with Gasteiger partial charge in [0.25, 0.3) is 0 Å². The topological polar surface area (TPSA) is 61.8 Å². The van der Waals surface area contributed by atoms with E-state index in [0.717, 1.165) is 11.1 Å². The molecule has 29 heavy (non-hydrogen) atoms. The van der Waals surface area contributed by atoms with Crippen LogP contribution in [0.2, 0.25) is 0 Å². The van der Waals surface area contributed by atoms with Crippen LogP contribution in [0.3, 0.4) is 0 Å². The number of Topliss-reactive ketones (excluding diaryl/α,β-unsaturated/α-hetero) is 1. The van der Waals surface area contributed by atoms with E-state index in [0.29, 0.717) is 28.4 Å². The number of esters is 1. The van der Waals surface area contributed by atoms with Gasteiger partial charge in [-0.25, -0.2) is 0 Å². The van der Waals surface area contributed by atoms with Crippen LogP contribution in [-0.4, -0.2) is 18.9 Å². The van der Waals surface area contributed by atoms with E-state index in [1.165, 1.54) is 6.92 Å². The standard InChI is InChI=1S/C24H20O5/c1-15(25)16-11-12-20(27-2)17(13-16)14-28-24(26)23-18-7-3-5-9-21(18)29-22-10-6-4-8-19(22)23/h3-13,23H,14H2,1-2H3. The molecule has 0 N–H and O–H groups in total. The predicted molar refractivity (Wildman–Crippen MR) is 108 cm³/mol. The average Bonchev–Trinajstić information content (AvgIpc) is 2.75. The molecule has 0 radical (unpaired) electrons. The number of carbonyl (C=O) groups is 2. The molecule has 5 heteroatoms. The number of ketones is 1. The summed E-state index contributed by atoms with van der Waals surface area (Å²) in [6.07, 6.45) is 0. The fourth-order valence-electron chi connectivity index (χ4n) is 3.51. The molecule has 3 aromatic rings. The van der Waals surface area contributed by atoms with E-state index in [2.05, 4.69) is 0 Å². The van der Waals surface area contributed by atoms with Gasteiger partial charge in [0.15, 0.2) is 5.78 Å². The van der Waals surface area contributed by atoms with Crippen LogP contribution >= 0.6 is 0 Å². The van der Waals surface area contributed by atoms with Gasteiger partial charge in [-0.2, -0.15) is 0 Å². The summed E-state index contributed by atoms with van der Waals surface area (Å²) >= 11 is 0. The molecule has 0 spiro atoms. The van der Waals surface area contributed by atoms with Crippen molar-refractivity contribution >= 4 is 11.8 Å². The Labute approximate surface area is 168 Å². The molecule has 0 aliphatic carbocycles. The van der Waals surface area contributed by atoms with Gasteiger partial charge in [-0.1, -0.05) is 36.4 Å². The summed E-state index contributed by atoms with van der Waals surface area (Å²) in [5, 5.41) is 0. The van der Waals surface area contributed by atoms with Crippen molar-refractivity contribution in [3.05, 3.63) is 89.0 Å². The first kappa shape index (κ1) is 18.7. The molecule has 5 nitrogen and oxygen atoms in total. The van der Waals surface area contributed by atoms with E-state index in [1.54, 1.807) is 25.3 Å². The van der Waals surface area contributed by atoms with Gasteiger partial charge in [-0.15, -0.1) is 0 Å². The summed E-state index contributed by atoms with van der Waals surface area (Å²) < 4.78 is 17.0. The van der Waals surface area contributed by atoms with Crippen LogP contribution in [0.1, 0.15) is 39.9 Å². The Morgan fingerprint density at radius 1 is 0.931 bits per heavy atom.